The Bertz CT molecular complexity index is 4620. The molecule has 1 aliphatic heterocycles. The molecule has 1 aromatic heterocycles. The predicted octanol–water partition coefficient (Wildman–Crippen LogP) is -5.03. The van der Waals surface area contributed by atoms with Crippen LogP contribution < -0.4 is 97.0 Å². The summed E-state index contributed by atoms with van der Waals surface area (Å²) in [5, 5.41) is 83.6. The second-order valence-electron chi connectivity index (χ2n) is 29.1. The molecule has 1 saturated heterocycles. The van der Waals surface area contributed by atoms with E-state index in [9.17, 15) is 131 Å². The Balaban J connectivity index is 1.64. The van der Waals surface area contributed by atoms with Gasteiger partial charge < -0.3 is 132 Å². The molecule has 125 heavy (non-hydrogen) atoms. The SMILES string of the molecule is CCCCCCCCNC(=O)NC(Cc1c[nH]c2ccccc12)C(=O)NC(CC(N)=O)C(=O)NC(CC(=O)O)C(=O)NC1C(=O)NCC(=O)NC(CCCNC(=O)c2c(N)cccc2F)C(=O)NC(CC(=O)O)C(=O)NC(C)C(=O)NC(CC(=O)O)C(=O)NCC(=O)NC(CO)C(=O)NC(C(C)CC(=O)O)C(=O)NC(CC(=O)c2ccccc2N)C(=O)OC1C. The maximum atomic E-state index is 15.0. The Hall–Kier alpha value is -14.4. The minimum Gasteiger partial charge on any atom is -0.481 e. The number of hydrogen-bond donors (Lipinski definition) is 24. The number of aliphatic carboxylic acids is 4. The number of urea groups is 1. The van der Waals surface area contributed by atoms with Gasteiger partial charge in [-0.3, -0.25) is 91.1 Å². The number of halogens is 1. The number of aliphatic hydroxyl groups is 1. The van der Waals surface area contributed by atoms with Crippen LogP contribution in [0.25, 0.3) is 10.9 Å². The number of unbranched alkanes of at least 4 members (excludes halogenated alkanes) is 5. The minimum atomic E-state index is -2.53. The van der Waals surface area contributed by atoms with E-state index < -0.39 is 285 Å². The zero-order chi connectivity index (χ0) is 92.9. The molecular formula is C78H104FN19O27. The van der Waals surface area contributed by atoms with Gasteiger partial charge >= 0.3 is 35.9 Å². The number of anilines is 2. The highest BCUT2D eigenvalue weighted by Gasteiger charge is 2.41. The number of carbonyl (C=O) groups excluding carboxylic acids is 17. The molecule has 1 fully saturated rings. The van der Waals surface area contributed by atoms with Gasteiger partial charge in [0.1, 0.15) is 78.4 Å². The van der Waals surface area contributed by atoms with Crippen molar-refractivity contribution in [3.05, 3.63) is 95.4 Å². The van der Waals surface area contributed by atoms with Crippen molar-refractivity contribution in [3.63, 3.8) is 0 Å². The average Bonchev–Trinajstić information content (AvgIpc) is 1.58. The van der Waals surface area contributed by atoms with Crippen LogP contribution in [0.1, 0.15) is 144 Å². The van der Waals surface area contributed by atoms with Gasteiger partial charge in [-0.05, 0) is 74.9 Å². The number of amides is 16. The number of nitrogen functional groups attached to an aromatic ring is 2. The number of nitrogens with one attached hydrogen (secondary N) is 16. The molecule has 3 aromatic carbocycles. The Kier molecular flexibility index (Phi) is 40.5. The van der Waals surface area contributed by atoms with Crippen molar-refractivity contribution in [2.45, 2.75) is 197 Å². The maximum Gasteiger partial charge on any atom is 0.329 e. The number of ketones is 1. The van der Waals surface area contributed by atoms with Crippen LogP contribution in [0.3, 0.4) is 0 Å². The van der Waals surface area contributed by atoms with Crippen molar-refractivity contribution in [1.82, 2.24) is 84.7 Å². The summed E-state index contributed by atoms with van der Waals surface area (Å²) in [7, 11) is 0. The molecule has 16 amide bonds. The van der Waals surface area contributed by atoms with E-state index in [4.69, 9.17) is 21.9 Å². The fourth-order valence-corrected chi connectivity index (χ4v) is 12.6. The number of para-hydroxylation sites is 2. The number of ether oxygens (including phenoxy) is 1. The molecule has 13 atom stereocenters. The third kappa shape index (κ3) is 33.5. The highest BCUT2D eigenvalue weighted by Crippen LogP contribution is 2.22. The van der Waals surface area contributed by atoms with E-state index in [2.05, 4.69) is 68.8 Å². The van der Waals surface area contributed by atoms with Crippen LogP contribution in [0.5, 0.6) is 0 Å². The molecule has 5 rings (SSSR count). The van der Waals surface area contributed by atoms with Gasteiger partial charge in [0.2, 0.25) is 76.8 Å². The van der Waals surface area contributed by atoms with Crippen molar-refractivity contribution in [1.29, 1.82) is 0 Å². The molecule has 27 N–H and O–H groups in total. The summed E-state index contributed by atoms with van der Waals surface area (Å²) in [4.78, 5) is 292. The van der Waals surface area contributed by atoms with E-state index in [0.29, 0.717) is 22.9 Å². The third-order valence-corrected chi connectivity index (χ3v) is 19.2. The molecule has 13 unspecified atom stereocenters. The van der Waals surface area contributed by atoms with E-state index in [0.717, 1.165) is 58.9 Å². The average molecular weight is 1760 g/mol. The number of H-pyrrole nitrogens is 1. The second-order valence-corrected chi connectivity index (χ2v) is 29.1. The number of carboxylic acids is 4. The third-order valence-electron chi connectivity index (χ3n) is 19.2. The first-order valence-electron chi connectivity index (χ1n) is 39.4. The first-order valence-corrected chi connectivity index (χ1v) is 39.4. The van der Waals surface area contributed by atoms with E-state index in [1.165, 1.54) is 36.4 Å². The second kappa shape index (κ2) is 50.1. The lowest BCUT2D eigenvalue weighted by molar-refractivity contribution is -0.156. The van der Waals surface area contributed by atoms with Crippen LogP contribution in [-0.2, 0) is 97.5 Å². The quantitative estimate of drug-likeness (QED) is 0.00877. The number of benzene rings is 3. The number of rotatable bonds is 36. The van der Waals surface area contributed by atoms with Crippen molar-refractivity contribution < 1.29 is 135 Å². The summed E-state index contributed by atoms with van der Waals surface area (Å²) in [6.07, 6.45) is -4.15. The molecule has 0 saturated carbocycles. The zero-order valence-electron chi connectivity index (χ0n) is 68.4. The van der Waals surface area contributed by atoms with E-state index in [-0.39, 0.29) is 36.3 Å². The highest BCUT2D eigenvalue weighted by molar-refractivity contribution is 6.06. The fraction of sp³-hybridized carbons (Fsp3) is 0.474. The monoisotopic (exact) mass is 1760 g/mol. The number of cyclic esters (lactones) is 1. The van der Waals surface area contributed by atoms with Gasteiger partial charge in [0.25, 0.3) is 5.91 Å². The lowest BCUT2D eigenvalue weighted by Gasteiger charge is -2.30. The lowest BCUT2D eigenvalue weighted by atomic mass is 9.96. The van der Waals surface area contributed by atoms with Gasteiger partial charge in [-0.1, -0.05) is 82.3 Å². The molecule has 680 valence electrons. The van der Waals surface area contributed by atoms with Crippen LogP contribution in [0.4, 0.5) is 20.6 Å². The Morgan fingerprint density at radius 2 is 1.09 bits per heavy atom. The number of aromatic amines is 1. The molecule has 0 aliphatic carbocycles. The Morgan fingerprint density at radius 1 is 0.536 bits per heavy atom. The maximum absolute atomic E-state index is 15.0. The normalized spacial score (nSPS) is 20.3. The Labute approximate surface area is 712 Å². The molecule has 4 aromatic rings. The predicted molar refractivity (Wildman–Crippen MR) is 434 cm³/mol. The molecule has 0 bridgehead atoms. The van der Waals surface area contributed by atoms with Crippen LogP contribution in [0.2, 0.25) is 0 Å². The van der Waals surface area contributed by atoms with E-state index in [1.807, 2.05) is 22.9 Å². The topological polar surface area (TPSA) is 743 Å². The van der Waals surface area contributed by atoms with Crippen LogP contribution in [-0.4, -0.2) is 260 Å². The van der Waals surface area contributed by atoms with Crippen molar-refractivity contribution in [2.24, 2.45) is 11.7 Å². The number of aromatic nitrogens is 1. The lowest BCUT2D eigenvalue weighted by Crippen LogP contribution is -2.62. The van der Waals surface area contributed by atoms with Gasteiger partial charge in [0.15, 0.2) is 5.78 Å². The zero-order valence-corrected chi connectivity index (χ0v) is 68.4. The van der Waals surface area contributed by atoms with E-state index >= 15 is 0 Å². The number of carbonyl (C=O) groups is 21. The molecule has 1 aliphatic rings. The molecule has 2 heterocycles. The van der Waals surface area contributed by atoms with Crippen LogP contribution >= 0.6 is 0 Å². The molecule has 47 heteroatoms. The van der Waals surface area contributed by atoms with E-state index in [1.54, 1.807) is 30.5 Å². The number of primary amides is 1. The first kappa shape index (κ1) is 101. The fourth-order valence-electron chi connectivity index (χ4n) is 12.6. The van der Waals surface area contributed by atoms with Gasteiger partial charge in [0, 0.05) is 60.0 Å². The van der Waals surface area contributed by atoms with Crippen molar-refractivity contribution in [3.8, 4) is 0 Å². The number of aliphatic hydroxyl groups excluding tert-OH is 1. The first-order chi connectivity index (χ1) is 59.1. The standard InChI is InChI=1S/C78H104FN19O27/c1-5-6-7-8-9-14-24-84-78(124)96-48(27-40-33-85-46-22-13-11-17-41(40)46)70(116)92-49(29-56(82)101)71(117)94-52(32-62(110)111)72(118)98-65-39(4)125-77(123)53(28-55(100)42-18-10-12-20-44(42)80)95-76(122)64(37(2)26-59(104)105)97-73(119)54(36-99)90-58(103)34-86-67(113)50(30-60(106)107)91-66(112)38(3)88-69(115)51(31-61(108)109)93-68(114)47(89-57(102)35-87-75(65)121)23-16-25-83-74(120)63-43(79)19-15-21-45(63)81/h10-13,15,17-22,33,37-39,47-54,64-65,85,99H,5-9,14,16,23-32,34-36,80-81H2,1-4H3,(H2,82,101)(H,83,120)(H,86,113)(H,87,121)(H,88,115)(H,89,102)(H,90,103)(H,91,112)(H,92,116)(H,93,114)(H,94,117)(H,95,122)(H,97,119)(H,98,118)(H,104,105)(H,106,107)(H,108,109)(H,110,111)(H2,84,96,124). The number of hydrogen-bond acceptors (Lipinski definition) is 25. The van der Waals surface area contributed by atoms with Crippen LogP contribution in [0.15, 0.2) is 72.9 Å². The smallest absolute Gasteiger partial charge is 0.329 e. The summed E-state index contributed by atoms with van der Waals surface area (Å²) in [5.41, 5.74) is 17.2. The summed E-state index contributed by atoms with van der Waals surface area (Å²) < 4.78 is 20.5. The molecule has 0 radical (unpaired) electrons. The number of nitrogens with two attached hydrogens (primary N) is 3. The number of esters is 1. The van der Waals surface area contributed by atoms with Gasteiger partial charge in [0.05, 0.1) is 57.4 Å². The number of Topliss-reactive ketones (excluding diaryl/α,β-unsaturated/α-hetero) is 1. The number of carboxylic acid groups (broad SMARTS) is 4. The summed E-state index contributed by atoms with van der Waals surface area (Å²) in [6.45, 7) is 0.689. The Morgan fingerprint density at radius 3 is 1.71 bits per heavy atom. The largest absolute Gasteiger partial charge is 0.481 e. The highest BCUT2D eigenvalue weighted by atomic mass is 19.1. The van der Waals surface area contributed by atoms with Crippen LogP contribution in [0, 0.1) is 11.7 Å². The molecule has 0 spiro atoms. The summed E-state index contributed by atoms with van der Waals surface area (Å²) >= 11 is 0. The van der Waals surface area contributed by atoms with Crippen molar-refractivity contribution >= 4 is 147 Å². The summed E-state index contributed by atoms with van der Waals surface area (Å²) in [6, 6.07) is -9.16. The minimum absolute atomic E-state index is 0.175. The summed E-state index contributed by atoms with van der Waals surface area (Å²) in [5.74, 6) is -32.4. The van der Waals surface area contributed by atoms with Gasteiger partial charge in [-0.25, -0.2) is 14.0 Å². The van der Waals surface area contributed by atoms with Gasteiger partial charge in [-0.2, -0.15) is 0 Å². The molecular weight excluding hydrogens is 1650 g/mol. The van der Waals surface area contributed by atoms with Crippen molar-refractivity contribution in [2.75, 3.05) is 44.3 Å². The number of fused-ring (bicyclic) bond motifs is 1. The van der Waals surface area contributed by atoms with Gasteiger partial charge in [-0.15, -0.1) is 0 Å². The molecule has 46 nitrogen and oxygen atoms in total.